The van der Waals surface area contributed by atoms with Crippen LogP contribution in [0.1, 0.15) is 15.9 Å². The predicted molar refractivity (Wildman–Crippen MR) is 128 cm³/mol. The number of rotatable bonds is 9. The predicted octanol–water partition coefficient (Wildman–Crippen LogP) is 4.56. The number of aromatic nitrogens is 3. The molecule has 33 heavy (non-hydrogen) atoms. The first kappa shape index (κ1) is 21.8. The Morgan fingerprint density at radius 3 is 2.30 bits per heavy atom. The summed E-state index contributed by atoms with van der Waals surface area (Å²) in [6.07, 6.45) is 1.78. The largest absolute Gasteiger partial charge is 0.457 e. The second-order valence-electron chi connectivity index (χ2n) is 7.24. The Kier molecular flexibility index (Phi) is 7.07. The number of nitrogens with one attached hydrogen (secondary N) is 3. The summed E-state index contributed by atoms with van der Waals surface area (Å²) in [5.74, 6) is 2.88. The van der Waals surface area contributed by atoms with Gasteiger partial charge in [-0.25, -0.2) is 4.98 Å². The molecule has 0 radical (unpaired) electrons. The van der Waals surface area contributed by atoms with Crippen LogP contribution >= 0.6 is 0 Å². The maximum Gasteiger partial charge on any atom is 0.255 e. The van der Waals surface area contributed by atoms with Crippen LogP contribution in [0, 0.1) is 6.92 Å². The van der Waals surface area contributed by atoms with E-state index in [1.165, 1.54) is 0 Å². The van der Waals surface area contributed by atoms with Crippen LogP contribution in [0.25, 0.3) is 0 Å². The SMILES string of the molecule is Cc1ccc(Nc2ccc(NCCNC(=O)c3ccccc3Oc3ccccc3)nn2)nc1. The van der Waals surface area contributed by atoms with E-state index in [1.807, 2.05) is 73.7 Å². The zero-order valence-electron chi connectivity index (χ0n) is 18.2. The van der Waals surface area contributed by atoms with Gasteiger partial charge in [0.2, 0.25) is 0 Å². The van der Waals surface area contributed by atoms with E-state index < -0.39 is 0 Å². The molecule has 4 aromatic rings. The molecule has 0 fully saturated rings. The van der Waals surface area contributed by atoms with Crippen LogP contribution in [0.3, 0.4) is 0 Å². The molecule has 8 heteroatoms. The van der Waals surface area contributed by atoms with Crippen molar-refractivity contribution in [2.45, 2.75) is 6.92 Å². The molecular formula is C25H24N6O2. The zero-order chi connectivity index (χ0) is 22.9. The number of amides is 1. The molecule has 8 nitrogen and oxygen atoms in total. The summed E-state index contributed by atoms with van der Waals surface area (Å²) in [6.45, 7) is 2.89. The minimum atomic E-state index is -0.209. The van der Waals surface area contributed by atoms with E-state index in [2.05, 4.69) is 31.1 Å². The lowest BCUT2D eigenvalue weighted by atomic mass is 10.2. The zero-order valence-corrected chi connectivity index (χ0v) is 18.2. The van der Waals surface area contributed by atoms with Crippen molar-refractivity contribution in [2.24, 2.45) is 0 Å². The molecule has 2 aromatic carbocycles. The quantitative estimate of drug-likeness (QED) is 0.328. The second kappa shape index (κ2) is 10.7. The van der Waals surface area contributed by atoms with Gasteiger partial charge in [0.05, 0.1) is 5.56 Å². The van der Waals surface area contributed by atoms with Gasteiger partial charge in [0.1, 0.15) is 23.1 Å². The maximum absolute atomic E-state index is 12.6. The number of hydrogen-bond acceptors (Lipinski definition) is 7. The van der Waals surface area contributed by atoms with Gasteiger partial charge in [-0.05, 0) is 55.0 Å². The van der Waals surface area contributed by atoms with Gasteiger partial charge >= 0.3 is 0 Å². The third kappa shape index (κ3) is 6.27. The van der Waals surface area contributed by atoms with Crippen molar-refractivity contribution in [3.05, 3.63) is 96.2 Å². The Bertz CT molecular complexity index is 1180. The molecule has 166 valence electrons. The monoisotopic (exact) mass is 440 g/mol. The maximum atomic E-state index is 12.6. The summed E-state index contributed by atoms with van der Waals surface area (Å²) in [7, 11) is 0. The topological polar surface area (TPSA) is 101 Å². The van der Waals surface area contributed by atoms with Gasteiger partial charge in [0, 0.05) is 19.3 Å². The van der Waals surface area contributed by atoms with Gasteiger partial charge in [-0.3, -0.25) is 4.79 Å². The number of nitrogens with zero attached hydrogens (tertiary/aromatic N) is 3. The highest BCUT2D eigenvalue weighted by Gasteiger charge is 2.12. The number of pyridine rings is 1. The van der Waals surface area contributed by atoms with Crippen molar-refractivity contribution in [1.82, 2.24) is 20.5 Å². The lowest BCUT2D eigenvalue weighted by Gasteiger charge is -2.12. The van der Waals surface area contributed by atoms with Crippen LogP contribution in [0.15, 0.2) is 85.1 Å². The van der Waals surface area contributed by atoms with Gasteiger partial charge in [0.25, 0.3) is 5.91 Å². The van der Waals surface area contributed by atoms with E-state index in [9.17, 15) is 4.79 Å². The second-order valence-corrected chi connectivity index (χ2v) is 7.24. The molecular weight excluding hydrogens is 416 g/mol. The molecule has 1 amide bonds. The van der Waals surface area contributed by atoms with Crippen molar-refractivity contribution < 1.29 is 9.53 Å². The Labute approximate surface area is 192 Å². The van der Waals surface area contributed by atoms with E-state index in [0.29, 0.717) is 47.6 Å². The fourth-order valence-electron chi connectivity index (χ4n) is 2.99. The first-order chi connectivity index (χ1) is 16.2. The number of para-hydroxylation sites is 2. The molecule has 0 saturated carbocycles. The van der Waals surface area contributed by atoms with Crippen molar-refractivity contribution in [3.8, 4) is 11.5 Å². The van der Waals surface area contributed by atoms with Crippen LogP contribution in [0.5, 0.6) is 11.5 Å². The molecule has 2 heterocycles. The molecule has 4 rings (SSSR count). The van der Waals surface area contributed by atoms with E-state index >= 15 is 0 Å². The van der Waals surface area contributed by atoms with Crippen molar-refractivity contribution in [1.29, 1.82) is 0 Å². The molecule has 3 N–H and O–H groups in total. The molecule has 0 saturated heterocycles. The molecule has 0 unspecified atom stereocenters. The molecule has 0 atom stereocenters. The standard InChI is InChI=1S/C25H24N6O2/c1-18-11-12-22(28-17-18)29-24-14-13-23(30-31-24)26-15-16-27-25(32)20-9-5-6-10-21(20)33-19-7-3-2-4-8-19/h2-14,17H,15-16H2,1H3,(H,26,30)(H,27,32)(H,28,29,31). The van der Waals surface area contributed by atoms with Crippen LogP contribution in [0.4, 0.5) is 17.5 Å². The molecule has 0 bridgehead atoms. The molecule has 0 aliphatic heterocycles. The van der Waals surface area contributed by atoms with Crippen LogP contribution in [-0.2, 0) is 0 Å². The number of carbonyl (C=O) groups is 1. The molecule has 0 aliphatic rings. The molecule has 0 spiro atoms. The van der Waals surface area contributed by atoms with Crippen LogP contribution in [0.2, 0.25) is 0 Å². The Hall–Kier alpha value is -4.46. The average Bonchev–Trinajstić information content (AvgIpc) is 2.85. The summed E-state index contributed by atoms with van der Waals surface area (Å²) in [5, 5.41) is 17.4. The number of benzene rings is 2. The highest BCUT2D eigenvalue weighted by Crippen LogP contribution is 2.24. The van der Waals surface area contributed by atoms with Gasteiger partial charge in [-0.1, -0.05) is 36.4 Å². The van der Waals surface area contributed by atoms with E-state index in [0.717, 1.165) is 5.56 Å². The number of ether oxygens (including phenoxy) is 1. The van der Waals surface area contributed by atoms with E-state index in [-0.39, 0.29) is 5.91 Å². The number of anilines is 3. The van der Waals surface area contributed by atoms with Crippen molar-refractivity contribution >= 4 is 23.4 Å². The summed E-state index contributed by atoms with van der Waals surface area (Å²) < 4.78 is 5.86. The van der Waals surface area contributed by atoms with E-state index in [4.69, 9.17) is 4.74 Å². The summed E-state index contributed by atoms with van der Waals surface area (Å²) in [5.41, 5.74) is 1.56. The van der Waals surface area contributed by atoms with Gasteiger partial charge in [-0.15, -0.1) is 10.2 Å². The van der Waals surface area contributed by atoms with Crippen LogP contribution in [-0.4, -0.2) is 34.2 Å². The number of carbonyl (C=O) groups excluding carboxylic acids is 1. The first-order valence-corrected chi connectivity index (χ1v) is 10.5. The summed E-state index contributed by atoms with van der Waals surface area (Å²) in [4.78, 5) is 16.9. The van der Waals surface area contributed by atoms with Gasteiger partial charge < -0.3 is 20.7 Å². The van der Waals surface area contributed by atoms with Crippen LogP contribution < -0.4 is 20.7 Å². The molecule has 2 aromatic heterocycles. The first-order valence-electron chi connectivity index (χ1n) is 10.5. The lowest BCUT2D eigenvalue weighted by molar-refractivity contribution is 0.0953. The smallest absolute Gasteiger partial charge is 0.255 e. The Morgan fingerprint density at radius 2 is 1.55 bits per heavy atom. The lowest BCUT2D eigenvalue weighted by Crippen LogP contribution is -2.29. The highest BCUT2D eigenvalue weighted by atomic mass is 16.5. The normalized spacial score (nSPS) is 10.3. The van der Waals surface area contributed by atoms with Gasteiger partial charge in [0.15, 0.2) is 5.82 Å². The third-order valence-corrected chi connectivity index (χ3v) is 4.65. The number of hydrogen-bond donors (Lipinski definition) is 3. The average molecular weight is 441 g/mol. The minimum Gasteiger partial charge on any atom is -0.457 e. The van der Waals surface area contributed by atoms with Gasteiger partial charge in [-0.2, -0.15) is 0 Å². The van der Waals surface area contributed by atoms with Crippen molar-refractivity contribution in [3.63, 3.8) is 0 Å². The Morgan fingerprint density at radius 1 is 0.818 bits per heavy atom. The van der Waals surface area contributed by atoms with Crippen molar-refractivity contribution in [2.75, 3.05) is 23.7 Å². The fourth-order valence-corrected chi connectivity index (χ4v) is 2.99. The van der Waals surface area contributed by atoms with E-state index in [1.54, 1.807) is 18.3 Å². The third-order valence-electron chi connectivity index (χ3n) is 4.65. The minimum absolute atomic E-state index is 0.209. The highest BCUT2D eigenvalue weighted by molar-refractivity contribution is 5.97. The summed E-state index contributed by atoms with van der Waals surface area (Å²) in [6, 6.07) is 24.0. The Balaban J connectivity index is 1.25. The molecule has 0 aliphatic carbocycles. The summed E-state index contributed by atoms with van der Waals surface area (Å²) >= 11 is 0. The number of aryl methyl sites for hydroxylation is 1. The fraction of sp³-hybridized carbons (Fsp3) is 0.120.